The van der Waals surface area contributed by atoms with Crippen LogP contribution >= 0.6 is 0 Å². The third kappa shape index (κ3) is 4.66. The van der Waals surface area contributed by atoms with Gasteiger partial charge in [-0.15, -0.1) is 0 Å². The summed E-state index contributed by atoms with van der Waals surface area (Å²) in [6.45, 7) is 0.598. The fourth-order valence-electron chi connectivity index (χ4n) is 2.40. The van der Waals surface area contributed by atoms with E-state index in [1.54, 1.807) is 18.2 Å². The molecule has 1 aliphatic rings. The maximum atomic E-state index is 11.9. The third-order valence-electron chi connectivity index (χ3n) is 3.79. The van der Waals surface area contributed by atoms with E-state index >= 15 is 0 Å². The molecular weight excluding hydrogens is 338 g/mol. The quantitative estimate of drug-likeness (QED) is 0.605. The molecule has 0 radical (unpaired) electrons. The monoisotopic (exact) mass is 357 g/mol. The van der Waals surface area contributed by atoms with Crippen molar-refractivity contribution in [1.82, 2.24) is 5.32 Å². The maximum absolute atomic E-state index is 11.9. The number of amides is 1. The van der Waals surface area contributed by atoms with Crippen LogP contribution in [0.15, 0.2) is 40.8 Å². The number of nitrogens with one attached hydrogen (secondary N) is 1. The van der Waals surface area contributed by atoms with E-state index in [0.29, 0.717) is 36.0 Å². The Morgan fingerprint density at radius 2 is 2.04 bits per heavy atom. The number of benzene rings is 1. The zero-order valence-corrected chi connectivity index (χ0v) is 14.3. The number of rotatable bonds is 7. The van der Waals surface area contributed by atoms with Crippen molar-refractivity contribution in [3.8, 4) is 11.5 Å². The molecule has 1 amide bonds. The second-order valence-electron chi connectivity index (χ2n) is 5.62. The highest BCUT2D eigenvalue weighted by Crippen LogP contribution is 2.32. The number of ether oxygens (including phenoxy) is 3. The molecule has 7 nitrogen and oxygen atoms in total. The Hall–Kier alpha value is -3.22. The predicted molar refractivity (Wildman–Crippen MR) is 92.5 cm³/mol. The maximum Gasteiger partial charge on any atom is 0.305 e. The second-order valence-corrected chi connectivity index (χ2v) is 5.62. The lowest BCUT2D eigenvalue weighted by atomic mass is 10.2. The van der Waals surface area contributed by atoms with Crippen molar-refractivity contribution in [3.05, 3.63) is 53.5 Å². The van der Waals surface area contributed by atoms with Gasteiger partial charge in [-0.1, -0.05) is 6.07 Å². The molecule has 1 aromatic heterocycles. The number of methoxy groups -OCH3 is 1. The number of hydrogen-bond donors (Lipinski definition) is 1. The van der Waals surface area contributed by atoms with E-state index in [1.807, 2.05) is 18.2 Å². The molecule has 0 spiro atoms. The van der Waals surface area contributed by atoms with Crippen LogP contribution < -0.4 is 14.8 Å². The average molecular weight is 357 g/mol. The molecule has 3 rings (SSSR count). The van der Waals surface area contributed by atoms with E-state index in [4.69, 9.17) is 13.9 Å². The van der Waals surface area contributed by atoms with Gasteiger partial charge in [-0.05, 0) is 35.9 Å². The number of carbonyl (C=O) groups excluding carboxylic acids is 2. The van der Waals surface area contributed by atoms with Crippen LogP contribution in [0.4, 0.5) is 0 Å². The molecule has 0 unspecified atom stereocenters. The molecule has 1 aromatic carbocycles. The van der Waals surface area contributed by atoms with E-state index in [-0.39, 0.29) is 25.1 Å². The minimum atomic E-state index is -0.290. The summed E-state index contributed by atoms with van der Waals surface area (Å²) >= 11 is 0. The first kappa shape index (κ1) is 17.6. The summed E-state index contributed by atoms with van der Waals surface area (Å²) in [7, 11) is 1.35. The molecule has 7 heteroatoms. The lowest BCUT2D eigenvalue weighted by molar-refractivity contribution is -0.140. The summed E-state index contributed by atoms with van der Waals surface area (Å²) in [5, 5.41) is 2.79. The van der Waals surface area contributed by atoms with E-state index in [2.05, 4.69) is 10.1 Å². The number of aryl methyl sites for hydroxylation is 1. The molecule has 0 fully saturated rings. The highest BCUT2D eigenvalue weighted by atomic mass is 16.7. The van der Waals surface area contributed by atoms with Gasteiger partial charge in [0.15, 0.2) is 11.5 Å². The Morgan fingerprint density at radius 3 is 2.88 bits per heavy atom. The second kappa shape index (κ2) is 8.24. The van der Waals surface area contributed by atoms with Gasteiger partial charge in [-0.2, -0.15) is 0 Å². The Kier molecular flexibility index (Phi) is 5.58. The molecule has 2 heterocycles. The zero-order chi connectivity index (χ0) is 18.4. The molecule has 136 valence electrons. The standard InChI is InChI=1S/C19H19NO6/c1-23-19(22)9-6-15-4-3-14(26-15)5-8-18(21)20-11-13-2-7-16-17(10-13)25-12-24-16/h2-5,7-8,10H,6,9,11-12H2,1H3,(H,20,21)/b8-5+. The number of esters is 1. The highest BCUT2D eigenvalue weighted by molar-refractivity contribution is 5.91. The van der Waals surface area contributed by atoms with Gasteiger partial charge in [0.1, 0.15) is 11.5 Å². The Labute approximate surface area is 150 Å². The Morgan fingerprint density at radius 1 is 1.19 bits per heavy atom. The van der Waals surface area contributed by atoms with Crippen LogP contribution in [-0.4, -0.2) is 25.8 Å². The number of fused-ring (bicyclic) bond motifs is 1. The molecule has 0 atom stereocenters. The van der Waals surface area contributed by atoms with Gasteiger partial charge in [0, 0.05) is 19.0 Å². The van der Waals surface area contributed by atoms with Crippen molar-refractivity contribution in [2.75, 3.05) is 13.9 Å². The summed E-state index contributed by atoms with van der Waals surface area (Å²) < 4.78 is 20.7. The smallest absolute Gasteiger partial charge is 0.305 e. The van der Waals surface area contributed by atoms with Crippen molar-refractivity contribution in [3.63, 3.8) is 0 Å². The summed E-state index contributed by atoms with van der Waals surface area (Å²) in [4.78, 5) is 23.0. The molecule has 0 saturated heterocycles. The van der Waals surface area contributed by atoms with Crippen molar-refractivity contribution in [2.45, 2.75) is 19.4 Å². The largest absolute Gasteiger partial charge is 0.469 e. The van der Waals surface area contributed by atoms with Crippen LogP contribution in [0.2, 0.25) is 0 Å². The molecule has 0 saturated carbocycles. The highest BCUT2D eigenvalue weighted by Gasteiger charge is 2.13. The lowest BCUT2D eigenvalue weighted by Crippen LogP contribution is -2.20. The Bertz CT molecular complexity index is 823. The molecule has 1 N–H and O–H groups in total. The van der Waals surface area contributed by atoms with Gasteiger partial charge < -0.3 is 23.9 Å². The van der Waals surface area contributed by atoms with Crippen LogP contribution in [0.5, 0.6) is 11.5 Å². The van der Waals surface area contributed by atoms with Crippen LogP contribution in [0.3, 0.4) is 0 Å². The van der Waals surface area contributed by atoms with Crippen molar-refractivity contribution in [2.24, 2.45) is 0 Å². The number of furan rings is 1. The number of hydrogen-bond acceptors (Lipinski definition) is 6. The Balaban J connectivity index is 1.47. The fourth-order valence-corrected chi connectivity index (χ4v) is 2.40. The van der Waals surface area contributed by atoms with E-state index in [0.717, 1.165) is 5.56 Å². The third-order valence-corrected chi connectivity index (χ3v) is 3.79. The summed E-state index contributed by atoms with van der Waals surface area (Å²) in [6.07, 6.45) is 3.69. The predicted octanol–water partition coefficient (Wildman–Crippen LogP) is 2.44. The van der Waals surface area contributed by atoms with Gasteiger partial charge in [-0.3, -0.25) is 9.59 Å². The topological polar surface area (TPSA) is 87.0 Å². The van der Waals surface area contributed by atoms with Crippen LogP contribution in [0.25, 0.3) is 6.08 Å². The van der Waals surface area contributed by atoms with Crippen molar-refractivity contribution >= 4 is 18.0 Å². The van der Waals surface area contributed by atoms with Crippen molar-refractivity contribution < 1.29 is 28.2 Å². The molecule has 2 aromatic rings. The average Bonchev–Trinajstić information content (AvgIpc) is 3.31. The summed E-state index contributed by atoms with van der Waals surface area (Å²) in [6, 6.07) is 9.05. The van der Waals surface area contributed by atoms with Gasteiger partial charge in [0.2, 0.25) is 12.7 Å². The fraction of sp³-hybridized carbons (Fsp3) is 0.263. The van der Waals surface area contributed by atoms with Crippen LogP contribution in [0, 0.1) is 0 Å². The number of carbonyl (C=O) groups is 2. The SMILES string of the molecule is COC(=O)CCc1ccc(/C=C/C(=O)NCc2ccc3c(c2)OCO3)o1. The minimum absolute atomic E-state index is 0.221. The normalized spacial score (nSPS) is 12.3. The molecular formula is C19H19NO6. The van der Waals surface area contributed by atoms with Gasteiger partial charge in [0.25, 0.3) is 0 Å². The first-order valence-corrected chi connectivity index (χ1v) is 8.14. The minimum Gasteiger partial charge on any atom is -0.469 e. The zero-order valence-electron chi connectivity index (χ0n) is 14.3. The van der Waals surface area contributed by atoms with Crippen LogP contribution in [0.1, 0.15) is 23.5 Å². The van der Waals surface area contributed by atoms with Gasteiger partial charge in [-0.25, -0.2) is 0 Å². The van der Waals surface area contributed by atoms with Crippen LogP contribution in [-0.2, 0) is 27.3 Å². The summed E-state index contributed by atoms with van der Waals surface area (Å²) in [5.41, 5.74) is 0.916. The molecule has 0 aliphatic carbocycles. The first-order chi connectivity index (χ1) is 12.6. The molecule has 0 bridgehead atoms. The lowest BCUT2D eigenvalue weighted by Gasteiger charge is -2.03. The first-order valence-electron chi connectivity index (χ1n) is 8.14. The summed E-state index contributed by atoms with van der Waals surface area (Å²) in [5.74, 6) is 2.07. The van der Waals surface area contributed by atoms with E-state index in [9.17, 15) is 9.59 Å². The van der Waals surface area contributed by atoms with E-state index in [1.165, 1.54) is 13.2 Å². The van der Waals surface area contributed by atoms with Gasteiger partial charge in [0.05, 0.1) is 13.5 Å². The molecule has 1 aliphatic heterocycles. The van der Waals surface area contributed by atoms with Crippen molar-refractivity contribution in [1.29, 1.82) is 0 Å². The van der Waals surface area contributed by atoms with Gasteiger partial charge >= 0.3 is 5.97 Å². The van der Waals surface area contributed by atoms with E-state index < -0.39 is 0 Å². The molecule has 26 heavy (non-hydrogen) atoms.